The summed E-state index contributed by atoms with van der Waals surface area (Å²) in [6.45, 7) is 1.57. The Morgan fingerprint density at radius 2 is 1.73 bits per heavy atom. The van der Waals surface area contributed by atoms with Gasteiger partial charge in [-0.15, -0.1) is 0 Å². The Balaban J connectivity index is 1.81. The average Bonchev–Trinajstić information content (AvgIpc) is 3.16. The van der Waals surface area contributed by atoms with Crippen LogP contribution < -0.4 is 9.64 Å². The molecule has 0 unspecified atom stereocenters. The number of aromatic nitrogens is 3. The van der Waals surface area contributed by atoms with Crippen LogP contribution in [0.3, 0.4) is 0 Å². The molecule has 0 aliphatic carbocycles. The summed E-state index contributed by atoms with van der Waals surface area (Å²) in [5.74, 6) is 1.33. The van der Waals surface area contributed by atoms with Crippen molar-refractivity contribution in [1.29, 1.82) is 0 Å². The molecule has 0 bridgehead atoms. The molecule has 0 spiro atoms. The first kappa shape index (κ1) is 16.3. The van der Waals surface area contributed by atoms with Gasteiger partial charge in [-0.2, -0.15) is 10.1 Å². The first-order valence-electron chi connectivity index (χ1n) is 8.57. The van der Waals surface area contributed by atoms with Crippen LogP contribution in [-0.4, -0.2) is 27.8 Å². The summed E-state index contributed by atoms with van der Waals surface area (Å²) in [7, 11) is 1.64. The Morgan fingerprint density at radius 3 is 2.38 bits per heavy atom. The highest BCUT2D eigenvalue weighted by Crippen LogP contribution is 2.41. The number of benzene rings is 2. The van der Waals surface area contributed by atoms with Crippen molar-refractivity contribution in [1.82, 2.24) is 14.8 Å². The zero-order valence-corrected chi connectivity index (χ0v) is 14.7. The molecule has 1 amide bonds. The number of carbonyl (C=O) groups excluding carboxylic acids is 1. The van der Waals surface area contributed by atoms with Gasteiger partial charge in [0.15, 0.2) is 0 Å². The molecule has 3 aromatic rings. The van der Waals surface area contributed by atoms with Crippen molar-refractivity contribution in [2.75, 3.05) is 12.0 Å². The van der Waals surface area contributed by atoms with E-state index in [1.807, 2.05) is 47.1 Å². The SMILES string of the molecule is COc1ccc([C@@H]2C[C@@H](c3ccccc3)n3ncnc3N2C(C)=O)cc1. The lowest BCUT2D eigenvalue weighted by atomic mass is 9.92. The summed E-state index contributed by atoms with van der Waals surface area (Å²) in [4.78, 5) is 18.5. The van der Waals surface area contributed by atoms with E-state index in [-0.39, 0.29) is 18.0 Å². The summed E-state index contributed by atoms with van der Waals surface area (Å²) < 4.78 is 7.10. The van der Waals surface area contributed by atoms with Gasteiger partial charge < -0.3 is 4.74 Å². The third-order valence-corrected chi connectivity index (χ3v) is 4.85. The Kier molecular flexibility index (Phi) is 4.16. The highest BCUT2D eigenvalue weighted by atomic mass is 16.5. The van der Waals surface area contributed by atoms with Gasteiger partial charge in [-0.05, 0) is 29.7 Å². The van der Waals surface area contributed by atoms with Crippen LogP contribution in [0.4, 0.5) is 5.95 Å². The van der Waals surface area contributed by atoms with Crippen molar-refractivity contribution >= 4 is 11.9 Å². The molecule has 2 atom stereocenters. The summed E-state index contributed by atoms with van der Waals surface area (Å²) in [6, 6.07) is 18.0. The van der Waals surface area contributed by atoms with E-state index in [0.29, 0.717) is 5.95 Å². The number of hydrogen-bond donors (Lipinski definition) is 0. The van der Waals surface area contributed by atoms with Crippen LogP contribution in [0, 0.1) is 0 Å². The van der Waals surface area contributed by atoms with E-state index in [4.69, 9.17) is 4.74 Å². The fourth-order valence-corrected chi connectivity index (χ4v) is 3.62. The molecule has 4 rings (SSSR count). The number of fused-ring (bicyclic) bond motifs is 1. The third kappa shape index (κ3) is 2.73. The van der Waals surface area contributed by atoms with Crippen LogP contribution in [0.2, 0.25) is 0 Å². The number of methoxy groups -OCH3 is 1. The maximum atomic E-state index is 12.4. The van der Waals surface area contributed by atoms with E-state index >= 15 is 0 Å². The molecule has 0 saturated heterocycles. The van der Waals surface area contributed by atoms with E-state index in [1.54, 1.807) is 18.9 Å². The van der Waals surface area contributed by atoms with Crippen molar-refractivity contribution in [3.63, 3.8) is 0 Å². The molecule has 0 fully saturated rings. The van der Waals surface area contributed by atoms with Crippen LogP contribution in [-0.2, 0) is 4.79 Å². The first-order valence-corrected chi connectivity index (χ1v) is 8.57. The van der Waals surface area contributed by atoms with Gasteiger partial charge in [-0.1, -0.05) is 42.5 Å². The standard InChI is InChI=1S/C20H20N4O2/c1-14(25)23-18(16-8-10-17(26-2)11-9-16)12-19(15-6-4-3-5-7-15)24-20(23)21-13-22-24/h3-11,13,18-19H,12H2,1-2H3/t18-,19-/m0/s1. The molecule has 2 heterocycles. The lowest BCUT2D eigenvalue weighted by molar-refractivity contribution is -0.117. The third-order valence-electron chi connectivity index (χ3n) is 4.85. The van der Waals surface area contributed by atoms with Gasteiger partial charge in [0.2, 0.25) is 11.9 Å². The van der Waals surface area contributed by atoms with Crippen molar-refractivity contribution < 1.29 is 9.53 Å². The largest absolute Gasteiger partial charge is 0.497 e. The van der Waals surface area contributed by atoms with E-state index in [2.05, 4.69) is 22.2 Å². The molecule has 6 nitrogen and oxygen atoms in total. The number of ether oxygens (including phenoxy) is 1. The minimum atomic E-state index is -0.111. The average molecular weight is 348 g/mol. The predicted molar refractivity (Wildman–Crippen MR) is 98.1 cm³/mol. The van der Waals surface area contributed by atoms with Crippen LogP contribution in [0.25, 0.3) is 0 Å². The molecule has 2 aromatic carbocycles. The fourth-order valence-electron chi connectivity index (χ4n) is 3.62. The molecule has 6 heteroatoms. The topological polar surface area (TPSA) is 60.2 Å². The van der Waals surface area contributed by atoms with Crippen LogP contribution in [0.15, 0.2) is 60.9 Å². The normalized spacial score (nSPS) is 19.1. The van der Waals surface area contributed by atoms with Gasteiger partial charge >= 0.3 is 0 Å². The van der Waals surface area contributed by atoms with Crippen LogP contribution in [0.5, 0.6) is 5.75 Å². The minimum Gasteiger partial charge on any atom is -0.497 e. The summed E-state index contributed by atoms with van der Waals surface area (Å²) in [5.41, 5.74) is 2.21. The van der Waals surface area contributed by atoms with Crippen molar-refractivity contribution in [3.8, 4) is 5.75 Å². The van der Waals surface area contributed by atoms with Gasteiger partial charge in [0.05, 0.1) is 19.2 Å². The number of amides is 1. The molecule has 0 saturated carbocycles. The van der Waals surface area contributed by atoms with Crippen LogP contribution in [0.1, 0.15) is 36.6 Å². The quantitative estimate of drug-likeness (QED) is 0.728. The maximum absolute atomic E-state index is 12.4. The second kappa shape index (κ2) is 6.63. The number of anilines is 1. The summed E-state index contributed by atoms with van der Waals surface area (Å²) in [6.07, 6.45) is 2.24. The molecule has 132 valence electrons. The Morgan fingerprint density at radius 1 is 1.04 bits per heavy atom. The Bertz CT molecular complexity index is 905. The van der Waals surface area contributed by atoms with E-state index < -0.39 is 0 Å². The molecule has 1 aliphatic heterocycles. The highest BCUT2D eigenvalue weighted by Gasteiger charge is 2.37. The van der Waals surface area contributed by atoms with Gasteiger partial charge in [0, 0.05) is 6.92 Å². The number of hydrogen-bond acceptors (Lipinski definition) is 4. The molecular formula is C20H20N4O2. The second-order valence-corrected chi connectivity index (χ2v) is 6.34. The van der Waals surface area contributed by atoms with Gasteiger partial charge in [-0.3, -0.25) is 9.69 Å². The van der Waals surface area contributed by atoms with Crippen molar-refractivity contribution in [3.05, 3.63) is 72.1 Å². The molecular weight excluding hydrogens is 328 g/mol. The fraction of sp³-hybridized carbons (Fsp3) is 0.250. The minimum absolute atomic E-state index is 0.0244. The predicted octanol–water partition coefficient (Wildman–Crippen LogP) is 3.37. The van der Waals surface area contributed by atoms with Crippen molar-refractivity contribution in [2.45, 2.75) is 25.4 Å². The second-order valence-electron chi connectivity index (χ2n) is 6.34. The Labute approximate surface area is 152 Å². The highest BCUT2D eigenvalue weighted by molar-refractivity contribution is 5.90. The van der Waals surface area contributed by atoms with Gasteiger partial charge in [0.25, 0.3) is 0 Å². The molecule has 0 radical (unpaired) electrons. The zero-order valence-electron chi connectivity index (χ0n) is 14.7. The molecule has 0 N–H and O–H groups in total. The molecule has 1 aromatic heterocycles. The smallest absolute Gasteiger partial charge is 0.231 e. The molecule has 1 aliphatic rings. The number of rotatable bonds is 3. The zero-order chi connectivity index (χ0) is 18.1. The van der Waals surface area contributed by atoms with E-state index in [0.717, 1.165) is 23.3 Å². The summed E-state index contributed by atoms with van der Waals surface area (Å²) in [5, 5.41) is 4.39. The van der Waals surface area contributed by atoms with Gasteiger partial charge in [0.1, 0.15) is 12.1 Å². The molecule has 26 heavy (non-hydrogen) atoms. The monoisotopic (exact) mass is 348 g/mol. The van der Waals surface area contributed by atoms with E-state index in [1.165, 1.54) is 6.33 Å². The lowest BCUT2D eigenvalue weighted by Crippen LogP contribution is -2.41. The number of nitrogens with zero attached hydrogens (tertiary/aromatic N) is 4. The Hall–Kier alpha value is -3.15. The van der Waals surface area contributed by atoms with Crippen molar-refractivity contribution in [2.24, 2.45) is 0 Å². The lowest BCUT2D eigenvalue weighted by Gasteiger charge is -2.38. The van der Waals surface area contributed by atoms with Gasteiger partial charge in [-0.25, -0.2) is 4.68 Å². The number of carbonyl (C=O) groups is 1. The van der Waals surface area contributed by atoms with E-state index in [9.17, 15) is 4.79 Å². The first-order chi connectivity index (χ1) is 12.7. The maximum Gasteiger partial charge on any atom is 0.231 e. The van der Waals surface area contributed by atoms with Crippen LogP contribution >= 0.6 is 0 Å². The summed E-state index contributed by atoms with van der Waals surface area (Å²) >= 11 is 0.